The number of benzene rings is 2. The molecule has 0 spiro atoms. The van der Waals surface area contributed by atoms with Gasteiger partial charge in [-0.3, -0.25) is 10.1 Å². The second kappa shape index (κ2) is 8.43. The Kier molecular flexibility index (Phi) is 5.80. The van der Waals surface area contributed by atoms with Crippen LogP contribution in [-0.2, 0) is 11.2 Å². The second-order valence-electron chi connectivity index (χ2n) is 6.27. The predicted octanol–water partition coefficient (Wildman–Crippen LogP) is 4.90. The molecule has 4 nitrogen and oxygen atoms in total. The van der Waals surface area contributed by atoms with Crippen LogP contribution in [0.1, 0.15) is 27.1 Å². The van der Waals surface area contributed by atoms with Gasteiger partial charge in [0.15, 0.2) is 5.13 Å². The summed E-state index contributed by atoms with van der Waals surface area (Å²) in [7, 11) is 0. The molecule has 0 atom stereocenters. The minimum absolute atomic E-state index is 0.0552. The van der Waals surface area contributed by atoms with E-state index in [1.807, 2.05) is 37.3 Å². The number of carbonyl (C=O) groups is 1. The number of hydrogen-bond donors (Lipinski definition) is 1. The Bertz CT molecular complexity index is 1030. The van der Waals surface area contributed by atoms with Gasteiger partial charge >= 0.3 is 0 Å². The lowest BCUT2D eigenvalue weighted by Gasteiger charge is -2.02. The molecule has 0 radical (unpaired) electrons. The van der Waals surface area contributed by atoms with E-state index < -0.39 is 5.91 Å². The number of anilines is 1. The molecule has 0 saturated carbocycles. The number of aryl methyl sites for hydroxylation is 2. The lowest BCUT2D eigenvalue weighted by atomic mass is 10.1. The highest BCUT2D eigenvalue weighted by molar-refractivity contribution is 7.15. The first-order valence-electron chi connectivity index (χ1n) is 8.54. The van der Waals surface area contributed by atoms with Crippen molar-refractivity contribution in [3.63, 3.8) is 0 Å². The standard InChI is InChI=1S/C22H19N3OS/c1-15-7-9-17(10-8-15)11-20-14-24-22(27-20)25-21(26)19(13-23)12-18-6-4-3-5-16(18)2/h3-10,12,14H,11H2,1-2H3,(H,24,25,26)/b19-12+. The van der Waals surface area contributed by atoms with E-state index in [-0.39, 0.29) is 5.57 Å². The maximum absolute atomic E-state index is 12.4. The summed E-state index contributed by atoms with van der Waals surface area (Å²) in [6.45, 7) is 4.00. The molecule has 1 aromatic heterocycles. The summed E-state index contributed by atoms with van der Waals surface area (Å²) in [6.07, 6.45) is 4.13. The van der Waals surface area contributed by atoms with Crippen LogP contribution in [0.25, 0.3) is 6.08 Å². The van der Waals surface area contributed by atoms with Crippen LogP contribution < -0.4 is 5.32 Å². The number of nitriles is 1. The normalized spacial score (nSPS) is 11.1. The van der Waals surface area contributed by atoms with Crippen molar-refractivity contribution in [2.75, 3.05) is 5.32 Å². The molecule has 2 aromatic carbocycles. The lowest BCUT2D eigenvalue weighted by Crippen LogP contribution is -2.13. The van der Waals surface area contributed by atoms with E-state index in [2.05, 4.69) is 41.5 Å². The summed E-state index contributed by atoms with van der Waals surface area (Å²) < 4.78 is 0. The largest absolute Gasteiger partial charge is 0.297 e. The fraction of sp³-hybridized carbons (Fsp3) is 0.136. The van der Waals surface area contributed by atoms with Crippen LogP contribution in [0.2, 0.25) is 0 Å². The third-order valence-electron chi connectivity index (χ3n) is 4.13. The van der Waals surface area contributed by atoms with Gasteiger partial charge in [0, 0.05) is 17.5 Å². The van der Waals surface area contributed by atoms with Gasteiger partial charge in [-0.1, -0.05) is 54.1 Å². The predicted molar refractivity (Wildman–Crippen MR) is 109 cm³/mol. The molecular weight excluding hydrogens is 354 g/mol. The number of carbonyl (C=O) groups excluding carboxylic acids is 1. The highest BCUT2D eigenvalue weighted by Gasteiger charge is 2.12. The molecule has 1 amide bonds. The van der Waals surface area contributed by atoms with Gasteiger partial charge in [-0.2, -0.15) is 5.26 Å². The molecule has 0 fully saturated rings. The second-order valence-corrected chi connectivity index (χ2v) is 7.39. The molecule has 5 heteroatoms. The van der Waals surface area contributed by atoms with Gasteiger partial charge in [0.2, 0.25) is 0 Å². The number of nitrogens with zero attached hydrogens (tertiary/aromatic N) is 2. The molecule has 3 rings (SSSR count). The van der Waals surface area contributed by atoms with Crippen molar-refractivity contribution in [2.45, 2.75) is 20.3 Å². The Hall–Kier alpha value is -3.23. The van der Waals surface area contributed by atoms with Gasteiger partial charge in [-0.15, -0.1) is 11.3 Å². The summed E-state index contributed by atoms with van der Waals surface area (Å²) in [6, 6.07) is 17.9. The van der Waals surface area contributed by atoms with Gasteiger partial charge in [-0.05, 0) is 36.6 Å². The molecule has 1 N–H and O–H groups in total. The van der Waals surface area contributed by atoms with Gasteiger partial charge in [0.1, 0.15) is 11.6 Å². The van der Waals surface area contributed by atoms with Crippen molar-refractivity contribution in [2.24, 2.45) is 0 Å². The number of nitrogens with one attached hydrogen (secondary N) is 1. The average molecular weight is 373 g/mol. The molecule has 0 saturated heterocycles. The van der Waals surface area contributed by atoms with Crippen LogP contribution >= 0.6 is 11.3 Å². The third-order valence-corrected chi connectivity index (χ3v) is 5.04. The van der Waals surface area contributed by atoms with E-state index >= 15 is 0 Å². The van der Waals surface area contributed by atoms with Gasteiger partial charge in [0.25, 0.3) is 5.91 Å². The summed E-state index contributed by atoms with van der Waals surface area (Å²) in [4.78, 5) is 17.7. The number of amides is 1. The van der Waals surface area contributed by atoms with Gasteiger partial charge < -0.3 is 0 Å². The first-order valence-corrected chi connectivity index (χ1v) is 9.36. The van der Waals surface area contributed by atoms with Crippen LogP contribution in [-0.4, -0.2) is 10.9 Å². The smallest absolute Gasteiger partial charge is 0.268 e. The first kappa shape index (κ1) is 18.6. The Labute approximate surface area is 162 Å². The number of hydrogen-bond acceptors (Lipinski definition) is 4. The van der Waals surface area contributed by atoms with E-state index in [0.29, 0.717) is 5.13 Å². The zero-order chi connectivity index (χ0) is 19.2. The zero-order valence-electron chi connectivity index (χ0n) is 15.2. The Morgan fingerprint density at radius 1 is 1.19 bits per heavy atom. The molecule has 0 unspecified atom stereocenters. The molecule has 3 aromatic rings. The number of thiazole rings is 1. The zero-order valence-corrected chi connectivity index (χ0v) is 16.0. The van der Waals surface area contributed by atoms with Crippen LogP contribution in [0, 0.1) is 25.2 Å². The monoisotopic (exact) mass is 373 g/mol. The maximum atomic E-state index is 12.4. The van der Waals surface area contributed by atoms with Crippen molar-refractivity contribution in [3.05, 3.63) is 87.4 Å². The first-order chi connectivity index (χ1) is 13.0. The molecule has 0 aliphatic rings. The highest BCUT2D eigenvalue weighted by atomic mass is 32.1. The molecule has 0 bridgehead atoms. The summed E-state index contributed by atoms with van der Waals surface area (Å²) in [5.41, 5.74) is 4.33. The van der Waals surface area contributed by atoms with Gasteiger partial charge in [-0.25, -0.2) is 4.98 Å². The minimum Gasteiger partial charge on any atom is -0.297 e. The quantitative estimate of drug-likeness (QED) is 0.511. The average Bonchev–Trinajstić information content (AvgIpc) is 3.09. The Balaban J connectivity index is 1.70. The molecule has 27 heavy (non-hydrogen) atoms. The van der Waals surface area contributed by atoms with Crippen molar-refractivity contribution in [1.82, 2.24) is 4.98 Å². The Morgan fingerprint density at radius 3 is 2.63 bits per heavy atom. The topological polar surface area (TPSA) is 65.8 Å². The van der Waals surface area contributed by atoms with Crippen molar-refractivity contribution in [3.8, 4) is 6.07 Å². The van der Waals surface area contributed by atoms with Crippen molar-refractivity contribution in [1.29, 1.82) is 5.26 Å². The summed E-state index contributed by atoms with van der Waals surface area (Å²) in [5.74, 6) is -0.447. The van der Waals surface area contributed by atoms with E-state index in [0.717, 1.165) is 22.4 Å². The van der Waals surface area contributed by atoms with E-state index in [9.17, 15) is 10.1 Å². The number of rotatable bonds is 5. The molecule has 134 valence electrons. The van der Waals surface area contributed by atoms with Crippen LogP contribution in [0.3, 0.4) is 0 Å². The maximum Gasteiger partial charge on any atom is 0.268 e. The van der Waals surface area contributed by atoms with Gasteiger partial charge in [0.05, 0.1) is 0 Å². The third kappa shape index (κ3) is 4.90. The van der Waals surface area contributed by atoms with Crippen LogP contribution in [0.4, 0.5) is 5.13 Å². The fourth-order valence-electron chi connectivity index (χ4n) is 2.57. The molecule has 0 aliphatic heterocycles. The minimum atomic E-state index is -0.447. The van der Waals surface area contributed by atoms with E-state index in [1.165, 1.54) is 22.5 Å². The van der Waals surface area contributed by atoms with E-state index in [4.69, 9.17) is 0 Å². The summed E-state index contributed by atoms with van der Waals surface area (Å²) in [5, 5.41) is 12.6. The fourth-order valence-corrected chi connectivity index (χ4v) is 3.41. The Morgan fingerprint density at radius 2 is 1.93 bits per heavy atom. The van der Waals surface area contributed by atoms with Crippen molar-refractivity contribution < 1.29 is 4.79 Å². The molecular formula is C22H19N3OS. The summed E-state index contributed by atoms with van der Waals surface area (Å²) >= 11 is 1.42. The highest BCUT2D eigenvalue weighted by Crippen LogP contribution is 2.22. The molecule has 0 aliphatic carbocycles. The lowest BCUT2D eigenvalue weighted by molar-refractivity contribution is -0.112. The van der Waals surface area contributed by atoms with Crippen LogP contribution in [0.5, 0.6) is 0 Å². The van der Waals surface area contributed by atoms with E-state index in [1.54, 1.807) is 12.3 Å². The van der Waals surface area contributed by atoms with Crippen LogP contribution in [0.15, 0.2) is 60.3 Å². The SMILES string of the molecule is Cc1ccc(Cc2cnc(NC(=O)/C(C#N)=C/c3ccccc3C)s2)cc1. The number of aromatic nitrogens is 1. The molecule has 1 heterocycles. The van der Waals surface area contributed by atoms with Crippen molar-refractivity contribution >= 4 is 28.5 Å².